The number of amides is 2. The number of carboxylic acid groups (broad SMARTS) is 1. The van der Waals surface area contributed by atoms with Gasteiger partial charge in [0.15, 0.2) is 0 Å². The number of aromatic carboxylic acids is 1. The summed E-state index contributed by atoms with van der Waals surface area (Å²) < 4.78 is 0. The van der Waals surface area contributed by atoms with Crippen molar-refractivity contribution in [2.45, 2.75) is 19.9 Å². The number of carboxylic acids is 1. The van der Waals surface area contributed by atoms with Gasteiger partial charge in [-0.25, -0.2) is 9.78 Å². The number of carbonyl (C=O) groups is 3. The highest BCUT2D eigenvalue weighted by atomic mass is 32.1. The molecule has 126 valence electrons. The van der Waals surface area contributed by atoms with Crippen LogP contribution in [0.5, 0.6) is 0 Å². The lowest BCUT2D eigenvalue weighted by molar-refractivity contribution is 0.0700. The Morgan fingerprint density at radius 3 is 2.46 bits per heavy atom. The summed E-state index contributed by atoms with van der Waals surface area (Å²) in [7, 11) is 1.49. The number of nitrogens with zero attached hydrogens (tertiary/aromatic N) is 2. The number of nitrogens with one attached hydrogen (secondary N) is 2. The second-order valence-corrected chi connectivity index (χ2v) is 6.01. The molecule has 8 nitrogen and oxygen atoms in total. The molecule has 0 saturated heterocycles. The fourth-order valence-electron chi connectivity index (χ4n) is 1.93. The Morgan fingerprint density at radius 1 is 1.25 bits per heavy atom. The minimum Gasteiger partial charge on any atom is -0.477 e. The van der Waals surface area contributed by atoms with Crippen molar-refractivity contribution in [2.24, 2.45) is 0 Å². The molecule has 2 rings (SSSR count). The van der Waals surface area contributed by atoms with Crippen molar-refractivity contribution in [1.29, 1.82) is 0 Å². The van der Waals surface area contributed by atoms with Crippen LogP contribution in [0.4, 0.5) is 0 Å². The van der Waals surface area contributed by atoms with E-state index in [1.54, 1.807) is 13.8 Å². The summed E-state index contributed by atoms with van der Waals surface area (Å²) in [5.41, 5.74) is 0.921. The maximum Gasteiger partial charge on any atom is 0.347 e. The summed E-state index contributed by atoms with van der Waals surface area (Å²) in [6.45, 7) is 3.33. The van der Waals surface area contributed by atoms with Gasteiger partial charge < -0.3 is 15.7 Å². The SMILES string of the molecule is CNC(=O)c1ccc(C(=O)NC(C)c2nc(C)c(C(=O)O)s2)cn1. The molecule has 0 bridgehead atoms. The average molecular weight is 348 g/mol. The summed E-state index contributed by atoms with van der Waals surface area (Å²) in [6, 6.07) is 2.50. The zero-order valence-corrected chi connectivity index (χ0v) is 14.1. The van der Waals surface area contributed by atoms with E-state index in [0.717, 1.165) is 11.3 Å². The predicted octanol–water partition coefficient (Wildman–Crippen LogP) is 1.40. The average Bonchev–Trinajstić information content (AvgIpc) is 2.96. The van der Waals surface area contributed by atoms with E-state index in [1.165, 1.54) is 25.4 Å². The lowest BCUT2D eigenvalue weighted by Crippen LogP contribution is -2.27. The normalized spacial score (nSPS) is 11.6. The first-order valence-corrected chi connectivity index (χ1v) is 7.84. The standard InChI is InChI=1S/C15H16N4O4S/c1-7-11(15(22)23)24-14(19-7)8(2)18-12(20)9-4-5-10(17-6-9)13(21)16-3/h4-6,8H,1-3H3,(H,16,21)(H,18,20)(H,22,23). The van der Waals surface area contributed by atoms with Crippen molar-refractivity contribution in [3.63, 3.8) is 0 Å². The van der Waals surface area contributed by atoms with Crippen LogP contribution in [0.3, 0.4) is 0 Å². The maximum absolute atomic E-state index is 12.2. The molecule has 0 aliphatic heterocycles. The first-order chi connectivity index (χ1) is 11.3. The summed E-state index contributed by atoms with van der Waals surface area (Å²) in [5.74, 6) is -1.76. The summed E-state index contributed by atoms with van der Waals surface area (Å²) in [4.78, 5) is 43.0. The van der Waals surface area contributed by atoms with Gasteiger partial charge in [-0.1, -0.05) is 0 Å². The summed E-state index contributed by atoms with van der Waals surface area (Å²) in [6.07, 6.45) is 1.31. The molecular weight excluding hydrogens is 332 g/mol. The molecule has 3 N–H and O–H groups in total. The maximum atomic E-state index is 12.2. The molecule has 2 aromatic heterocycles. The molecule has 1 atom stereocenters. The fourth-order valence-corrected chi connectivity index (χ4v) is 2.84. The lowest BCUT2D eigenvalue weighted by Gasteiger charge is -2.11. The van der Waals surface area contributed by atoms with Gasteiger partial charge in [0.2, 0.25) is 0 Å². The fraction of sp³-hybridized carbons (Fsp3) is 0.267. The number of pyridine rings is 1. The van der Waals surface area contributed by atoms with Crippen molar-refractivity contribution in [3.05, 3.63) is 45.2 Å². The van der Waals surface area contributed by atoms with Gasteiger partial charge in [-0.15, -0.1) is 11.3 Å². The monoisotopic (exact) mass is 348 g/mol. The van der Waals surface area contributed by atoms with Crippen LogP contribution in [0.1, 0.15) is 54.2 Å². The van der Waals surface area contributed by atoms with Crippen molar-refractivity contribution in [2.75, 3.05) is 7.05 Å². The molecule has 0 fully saturated rings. The van der Waals surface area contributed by atoms with E-state index in [0.29, 0.717) is 16.3 Å². The molecule has 1 unspecified atom stereocenters. The van der Waals surface area contributed by atoms with Crippen LogP contribution in [0.15, 0.2) is 18.3 Å². The van der Waals surface area contributed by atoms with Crippen LogP contribution in [-0.4, -0.2) is 39.9 Å². The minimum absolute atomic E-state index is 0.155. The van der Waals surface area contributed by atoms with Gasteiger partial charge in [0, 0.05) is 13.2 Å². The Hall–Kier alpha value is -2.81. The predicted molar refractivity (Wildman–Crippen MR) is 87.3 cm³/mol. The Morgan fingerprint density at radius 2 is 1.96 bits per heavy atom. The summed E-state index contributed by atoms with van der Waals surface area (Å²) in [5, 5.41) is 14.7. The second-order valence-electron chi connectivity index (χ2n) is 4.98. The van der Waals surface area contributed by atoms with E-state index in [-0.39, 0.29) is 22.4 Å². The van der Waals surface area contributed by atoms with Gasteiger partial charge in [0.1, 0.15) is 15.6 Å². The van der Waals surface area contributed by atoms with Crippen LogP contribution >= 0.6 is 11.3 Å². The molecule has 0 aliphatic rings. The van der Waals surface area contributed by atoms with Crippen molar-refractivity contribution in [3.8, 4) is 0 Å². The second kappa shape index (κ2) is 7.18. The molecular formula is C15H16N4O4S. The lowest BCUT2D eigenvalue weighted by atomic mass is 10.2. The van der Waals surface area contributed by atoms with E-state index in [4.69, 9.17) is 5.11 Å². The smallest absolute Gasteiger partial charge is 0.347 e. The van der Waals surface area contributed by atoms with Crippen LogP contribution < -0.4 is 10.6 Å². The van der Waals surface area contributed by atoms with Crippen molar-refractivity contribution >= 4 is 29.1 Å². The molecule has 0 saturated carbocycles. The topological polar surface area (TPSA) is 121 Å². The number of aromatic nitrogens is 2. The molecule has 0 radical (unpaired) electrons. The van der Waals surface area contributed by atoms with Gasteiger partial charge in [0.25, 0.3) is 11.8 Å². The van der Waals surface area contributed by atoms with Gasteiger partial charge in [-0.2, -0.15) is 0 Å². The van der Waals surface area contributed by atoms with Gasteiger partial charge in [-0.3, -0.25) is 14.6 Å². The third-order valence-electron chi connectivity index (χ3n) is 3.21. The number of hydrogen-bond donors (Lipinski definition) is 3. The molecule has 0 aromatic carbocycles. The van der Waals surface area contributed by atoms with Gasteiger partial charge >= 0.3 is 5.97 Å². The van der Waals surface area contributed by atoms with Gasteiger partial charge in [-0.05, 0) is 26.0 Å². The highest BCUT2D eigenvalue weighted by molar-refractivity contribution is 7.13. The molecule has 2 aromatic rings. The van der Waals surface area contributed by atoms with E-state index in [2.05, 4.69) is 20.6 Å². The number of carbonyl (C=O) groups excluding carboxylic acids is 2. The molecule has 0 spiro atoms. The molecule has 9 heteroatoms. The van der Waals surface area contributed by atoms with E-state index in [9.17, 15) is 14.4 Å². The molecule has 24 heavy (non-hydrogen) atoms. The van der Waals surface area contributed by atoms with Crippen molar-refractivity contribution < 1.29 is 19.5 Å². The number of hydrogen-bond acceptors (Lipinski definition) is 6. The quantitative estimate of drug-likeness (QED) is 0.751. The van der Waals surface area contributed by atoms with Crippen LogP contribution in [0.2, 0.25) is 0 Å². The minimum atomic E-state index is -1.04. The third kappa shape index (κ3) is 3.74. The van der Waals surface area contributed by atoms with E-state index in [1.807, 2.05) is 0 Å². The number of rotatable bonds is 5. The van der Waals surface area contributed by atoms with Crippen molar-refractivity contribution in [1.82, 2.24) is 20.6 Å². The van der Waals surface area contributed by atoms with Gasteiger partial charge in [0.05, 0.1) is 17.3 Å². The number of thiazole rings is 1. The Bertz CT molecular complexity index is 785. The largest absolute Gasteiger partial charge is 0.477 e. The molecule has 2 amide bonds. The van der Waals surface area contributed by atoms with Crippen LogP contribution in [0.25, 0.3) is 0 Å². The van der Waals surface area contributed by atoms with Crippen LogP contribution in [0, 0.1) is 6.92 Å². The zero-order valence-electron chi connectivity index (χ0n) is 13.3. The molecule has 0 aliphatic carbocycles. The first kappa shape index (κ1) is 17.5. The highest BCUT2D eigenvalue weighted by Crippen LogP contribution is 2.23. The number of aryl methyl sites for hydroxylation is 1. The molecule has 2 heterocycles. The Balaban J connectivity index is 2.10. The first-order valence-electron chi connectivity index (χ1n) is 7.03. The Labute approximate surface area is 142 Å². The Kier molecular flexibility index (Phi) is 5.24. The van der Waals surface area contributed by atoms with E-state index < -0.39 is 12.0 Å². The van der Waals surface area contributed by atoms with E-state index >= 15 is 0 Å². The van der Waals surface area contributed by atoms with Crippen LogP contribution in [-0.2, 0) is 0 Å². The third-order valence-corrected chi connectivity index (χ3v) is 4.54. The zero-order chi connectivity index (χ0) is 17.9. The highest BCUT2D eigenvalue weighted by Gasteiger charge is 2.20. The summed E-state index contributed by atoms with van der Waals surface area (Å²) >= 11 is 1.03.